The highest BCUT2D eigenvalue weighted by atomic mass is 35.5. The number of aromatic amines is 1. The minimum atomic E-state index is -2.74. The predicted molar refractivity (Wildman–Crippen MR) is 195 cm³/mol. The van der Waals surface area contributed by atoms with Crippen LogP contribution >= 0.6 is 12.4 Å². The highest BCUT2D eigenvalue weighted by Gasteiger charge is 2.47. The number of amides is 4. The first kappa shape index (κ1) is 36.0. The Morgan fingerprint density at radius 2 is 1.62 bits per heavy atom. The summed E-state index contributed by atoms with van der Waals surface area (Å²) in [6.45, 7) is 0.0113. The summed E-state index contributed by atoms with van der Waals surface area (Å²) in [5, 5.41) is 17.5. The lowest BCUT2D eigenvalue weighted by Crippen LogP contribution is -2.56. The number of carbonyl (C=O) groups is 4. The molecule has 12 nitrogen and oxygen atoms in total. The summed E-state index contributed by atoms with van der Waals surface area (Å²) in [5.41, 5.74) is 6.46. The zero-order valence-corrected chi connectivity index (χ0v) is 29.3. The lowest BCUT2D eigenvalue weighted by atomic mass is 10.0. The number of hydrogen-bond donors (Lipinski definition) is 5. The molecule has 4 aliphatic heterocycles. The summed E-state index contributed by atoms with van der Waals surface area (Å²) in [7, 11) is 0. The van der Waals surface area contributed by atoms with Crippen LogP contribution in [0.5, 0.6) is 0 Å². The molecule has 0 unspecified atom stereocenters. The molecule has 15 heteroatoms. The van der Waals surface area contributed by atoms with Crippen LogP contribution in [0.4, 0.5) is 25.0 Å². The van der Waals surface area contributed by atoms with Gasteiger partial charge in [-0.25, -0.2) is 18.6 Å². The van der Waals surface area contributed by atoms with Gasteiger partial charge in [0, 0.05) is 25.1 Å². The van der Waals surface area contributed by atoms with Crippen molar-refractivity contribution in [2.75, 3.05) is 23.3 Å². The van der Waals surface area contributed by atoms with Crippen LogP contribution in [0.3, 0.4) is 0 Å². The van der Waals surface area contributed by atoms with Crippen LogP contribution in [-0.4, -0.2) is 80.9 Å². The number of aryl methyl sites for hydroxylation is 1. The van der Waals surface area contributed by atoms with Gasteiger partial charge < -0.3 is 30.9 Å². The molecule has 1 aromatic heterocycles. The maximum absolute atomic E-state index is 14.2. The van der Waals surface area contributed by atoms with Crippen LogP contribution < -0.4 is 20.9 Å². The van der Waals surface area contributed by atoms with E-state index in [2.05, 4.69) is 25.9 Å². The normalized spacial score (nSPS) is 22.9. The number of carboxylic acid groups (broad SMARTS) is 1. The Morgan fingerprint density at radius 1 is 0.925 bits per heavy atom. The van der Waals surface area contributed by atoms with Crippen molar-refractivity contribution in [1.82, 2.24) is 25.5 Å². The zero-order valence-electron chi connectivity index (χ0n) is 28.5. The molecule has 0 saturated carbocycles. The van der Waals surface area contributed by atoms with Crippen molar-refractivity contribution in [3.63, 3.8) is 0 Å². The third-order valence-corrected chi connectivity index (χ3v) is 10.5. The number of aromatic nitrogens is 2. The summed E-state index contributed by atoms with van der Waals surface area (Å²) < 4.78 is 27.3. The number of para-hydroxylation sites is 1. The third kappa shape index (κ3) is 6.96. The average Bonchev–Trinajstić information content (AvgIpc) is 3.94. The Balaban J connectivity index is 0.00000435. The van der Waals surface area contributed by atoms with Crippen LogP contribution in [-0.2, 0) is 27.2 Å². The van der Waals surface area contributed by atoms with Crippen LogP contribution in [0.1, 0.15) is 48.7 Å². The number of alkyl halides is 2. The molecule has 0 aliphatic carbocycles. The van der Waals surface area contributed by atoms with Crippen molar-refractivity contribution >= 4 is 47.6 Å². The minimum Gasteiger partial charge on any atom is -0.465 e. The first-order valence-corrected chi connectivity index (χ1v) is 17.5. The van der Waals surface area contributed by atoms with E-state index < -0.39 is 42.1 Å². The summed E-state index contributed by atoms with van der Waals surface area (Å²) in [4.78, 5) is 63.4. The molecule has 4 amide bonds. The minimum absolute atomic E-state index is 0. The van der Waals surface area contributed by atoms with Crippen LogP contribution in [0, 0.1) is 0 Å². The van der Waals surface area contributed by atoms with Gasteiger partial charge in [0.05, 0.1) is 30.2 Å². The maximum atomic E-state index is 14.2. The molecule has 4 atom stereocenters. The molecular weight excluding hydrogens is 708 g/mol. The van der Waals surface area contributed by atoms with Crippen LogP contribution in [0.2, 0.25) is 0 Å². The molecule has 4 aliphatic rings. The Bertz CT molecular complexity index is 2060. The zero-order chi connectivity index (χ0) is 36.1. The third-order valence-electron chi connectivity index (χ3n) is 10.5. The van der Waals surface area contributed by atoms with E-state index in [1.165, 1.54) is 4.90 Å². The van der Waals surface area contributed by atoms with Gasteiger partial charge in [0.1, 0.15) is 23.9 Å². The number of benzene rings is 3. The molecule has 4 aromatic rings. The van der Waals surface area contributed by atoms with E-state index in [1.807, 2.05) is 54.6 Å². The Hall–Kier alpha value is -5.34. The molecular formula is C38H38ClF2N7O5. The second-order valence-electron chi connectivity index (χ2n) is 13.9. The molecule has 0 spiro atoms. The van der Waals surface area contributed by atoms with Gasteiger partial charge in [-0.3, -0.25) is 19.3 Å². The molecule has 0 bridgehead atoms. The molecule has 8 rings (SSSR count). The van der Waals surface area contributed by atoms with E-state index in [0.29, 0.717) is 49.4 Å². The van der Waals surface area contributed by atoms with Crippen LogP contribution in [0.15, 0.2) is 72.9 Å². The molecule has 276 valence electrons. The number of hydrogen-bond acceptors (Lipinski definition) is 6. The van der Waals surface area contributed by atoms with E-state index in [-0.39, 0.29) is 43.6 Å². The first-order valence-electron chi connectivity index (χ1n) is 17.5. The number of imidazole rings is 1. The standard InChI is InChI=1S/C38H37F2N7O5.ClH/c39-38(40)18-28(42-20-38)33-41-19-29(44-33)23-8-6-21(7-9-23)22-10-13-26(14-11-22)43-34(48)30-5-2-16-46(30)36(50)31-17-25-4-1-3-24-12-15-27(45-37(51)52)35(49)47(31)32(24)25;/h1,3-4,6-11,13-14,19,27-28,30-31,42,45H,2,5,12,15-18,20H2,(H,41,44)(H,43,48)(H,51,52);1H/t27-,28-,30-,31-;/m0./s1. The highest BCUT2D eigenvalue weighted by molar-refractivity contribution is 6.08. The first-order chi connectivity index (χ1) is 25.0. The van der Waals surface area contributed by atoms with Crippen LogP contribution in [0.25, 0.3) is 22.4 Å². The SMILES string of the molecule is Cl.O=C(O)N[C@H]1CCc2cccc3c2N(C1=O)[C@H](C(=O)N1CCC[C@H]1C(=O)Nc1ccc(-c2ccc(-c4cnc([C@@H]5CC(F)(F)CN5)[nH]4)cc2)cc1)C3. The Labute approximate surface area is 309 Å². The van der Waals surface area contributed by atoms with Gasteiger partial charge in [0.15, 0.2) is 0 Å². The van der Waals surface area contributed by atoms with Gasteiger partial charge in [-0.05, 0) is 65.6 Å². The van der Waals surface area contributed by atoms with Gasteiger partial charge in [-0.2, -0.15) is 0 Å². The molecule has 5 heterocycles. The number of nitrogens with one attached hydrogen (secondary N) is 4. The Kier molecular flexibility index (Phi) is 9.68. The molecule has 0 radical (unpaired) electrons. The van der Waals surface area contributed by atoms with Crippen molar-refractivity contribution in [3.8, 4) is 22.4 Å². The van der Waals surface area contributed by atoms with E-state index in [9.17, 15) is 33.1 Å². The predicted octanol–water partition coefficient (Wildman–Crippen LogP) is 5.31. The molecule has 53 heavy (non-hydrogen) atoms. The quantitative estimate of drug-likeness (QED) is 0.172. The molecule has 2 fully saturated rings. The fourth-order valence-electron chi connectivity index (χ4n) is 7.99. The fraction of sp³-hybridized carbons (Fsp3) is 0.342. The monoisotopic (exact) mass is 745 g/mol. The molecule has 2 saturated heterocycles. The number of rotatable bonds is 7. The average molecular weight is 746 g/mol. The Morgan fingerprint density at radius 3 is 2.32 bits per heavy atom. The maximum Gasteiger partial charge on any atom is 0.405 e. The number of anilines is 2. The van der Waals surface area contributed by atoms with Crippen molar-refractivity contribution in [3.05, 3.63) is 89.9 Å². The van der Waals surface area contributed by atoms with Gasteiger partial charge in [-0.1, -0.05) is 54.6 Å². The number of nitrogens with zero attached hydrogens (tertiary/aromatic N) is 3. The van der Waals surface area contributed by atoms with Gasteiger partial charge >= 0.3 is 6.09 Å². The summed E-state index contributed by atoms with van der Waals surface area (Å²) in [6.07, 6.45) is 2.24. The summed E-state index contributed by atoms with van der Waals surface area (Å²) in [5.74, 6) is -3.36. The number of carbonyl (C=O) groups excluding carboxylic acids is 3. The van der Waals surface area contributed by atoms with Gasteiger partial charge in [0.2, 0.25) is 17.7 Å². The smallest absolute Gasteiger partial charge is 0.405 e. The summed E-state index contributed by atoms with van der Waals surface area (Å²) >= 11 is 0. The van der Waals surface area contributed by atoms with E-state index >= 15 is 0 Å². The highest BCUT2D eigenvalue weighted by Crippen LogP contribution is 2.40. The van der Waals surface area contributed by atoms with E-state index in [1.54, 1.807) is 23.2 Å². The molecule has 5 N–H and O–H groups in total. The number of H-pyrrole nitrogens is 1. The van der Waals surface area contributed by atoms with Gasteiger partial charge in [0.25, 0.3) is 5.92 Å². The van der Waals surface area contributed by atoms with Crippen molar-refractivity contribution in [2.24, 2.45) is 0 Å². The topological polar surface area (TPSA) is 160 Å². The van der Waals surface area contributed by atoms with E-state index in [4.69, 9.17) is 0 Å². The fourth-order valence-corrected chi connectivity index (χ4v) is 7.99. The van der Waals surface area contributed by atoms with E-state index in [0.717, 1.165) is 33.5 Å². The lowest BCUT2D eigenvalue weighted by Gasteiger charge is -2.32. The second kappa shape index (κ2) is 14.2. The molecule has 3 aromatic carbocycles. The largest absolute Gasteiger partial charge is 0.465 e. The number of halogens is 3. The second-order valence-corrected chi connectivity index (χ2v) is 13.9. The van der Waals surface area contributed by atoms with Crippen molar-refractivity contribution in [2.45, 2.75) is 68.6 Å². The lowest BCUT2D eigenvalue weighted by molar-refractivity contribution is -0.138. The van der Waals surface area contributed by atoms with Crippen molar-refractivity contribution in [1.29, 1.82) is 0 Å². The van der Waals surface area contributed by atoms with Gasteiger partial charge in [-0.15, -0.1) is 12.4 Å². The number of likely N-dealkylation sites (tertiary alicyclic amines) is 1. The van der Waals surface area contributed by atoms with Crippen molar-refractivity contribution < 1.29 is 33.1 Å². The summed E-state index contributed by atoms with van der Waals surface area (Å²) in [6, 6.07) is 17.7.